The van der Waals surface area contributed by atoms with Crippen molar-refractivity contribution >= 4 is 29.5 Å². The van der Waals surface area contributed by atoms with Gasteiger partial charge in [-0.15, -0.1) is 0 Å². The molecule has 0 bridgehead atoms. The zero-order chi connectivity index (χ0) is 21.5. The highest BCUT2D eigenvalue weighted by Crippen LogP contribution is 2.42. The Kier molecular flexibility index (Phi) is 5.24. The van der Waals surface area contributed by atoms with Crippen LogP contribution < -0.4 is 10.6 Å². The first kappa shape index (κ1) is 20.6. The smallest absolute Gasteiger partial charge is 0.327 e. The van der Waals surface area contributed by atoms with Crippen LogP contribution in [0.4, 0.5) is 23.7 Å². The van der Waals surface area contributed by atoms with Crippen molar-refractivity contribution in [3.05, 3.63) is 29.6 Å². The monoisotopic (exact) mass is 413 g/mol. The number of anilines is 1. The van der Waals surface area contributed by atoms with Crippen molar-refractivity contribution in [1.82, 2.24) is 10.2 Å². The van der Waals surface area contributed by atoms with Crippen LogP contribution in [0, 0.1) is 23.4 Å². The lowest BCUT2D eigenvalue weighted by atomic mass is 9.96. The van der Waals surface area contributed by atoms with E-state index < -0.39 is 65.1 Å². The SMILES string of the molecule is C[C@@H](OC(=O)CN1C(=O)N[C@@](C)(C2CC2)C1=O)C(=O)Nc1ccc(F)c(F)c1F. The Morgan fingerprint density at radius 1 is 1.28 bits per heavy atom. The van der Waals surface area contributed by atoms with E-state index in [-0.39, 0.29) is 5.92 Å². The van der Waals surface area contributed by atoms with Crippen LogP contribution in [0.15, 0.2) is 12.1 Å². The number of rotatable bonds is 6. The van der Waals surface area contributed by atoms with Gasteiger partial charge in [0.15, 0.2) is 23.6 Å². The van der Waals surface area contributed by atoms with Gasteiger partial charge in [0.2, 0.25) is 0 Å². The van der Waals surface area contributed by atoms with Gasteiger partial charge in [-0.25, -0.2) is 18.0 Å². The minimum atomic E-state index is -1.76. The van der Waals surface area contributed by atoms with E-state index in [0.29, 0.717) is 11.0 Å². The van der Waals surface area contributed by atoms with Crippen LogP contribution in [-0.4, -0.2) is 46.9 Å². The molecule has 1 saturated carbocycles. The molecule has 2 fully saturated rings. The number of hydrogen-bond acceptors (Lipinski definition) is 5. The van der Waals surface area contributed by atoms with Crippen LogP contribution in [0.25, 0.3) is 0 Å². The quantitative estimate of drug-likeness (QED) is 0.420. The summed E-state index contributed by atoms with van der Waals surface area (Å²) in [5, 5.41) is 4.54. The van der Waals surface area contributed by atoms with Crippen LogP contribution in [-0.2, 0) is 19.1 Å². The molecule has 0 unspecified atom stereocenters. The number of carbonyl (C=O) groups is 4. The highest BCUT2D eigenvalue weighted by Gasteiger charge is 2.56. The third kappa shape index (κ3) is 3.89. The third-order valence-corrected chi connectivity index (χ3v) is 4.95. The maximum absolute atomic E-state index is 13.6. The molecule has 156 valence electrons. The van der Waals surface area contributed by atoms with Gasteiger partial charge >= 0.3 is 12.0 Å². The van der Waals surface area contributed by atoms with Crippen molar-refractivity contribution in [2.75, 3.05) is 11.9 Å². The number of hydrogen-bond donors (Lipinski definition) is 2. The number of imide groups is 1. The number of esters is 1. The summed E-state index contributed by atoms with van der Waals surface area (Å²) in [6, 6.07) is 0.702. The average molecular weight is 413 g/mol. The zero-order valence-corrected chi connectivity index (χ0v) is 15.6. The highest BCUT2D eigenvalue weighted by molar-refractivity contribution is 6.09. The molecular formula is C18H18F3N3O5. The fraction of sp³-hybridized carbons (Fsp3) is 0.444. The van der Waals surface area contributed by atoms with Crippen LogP contribution in [0.1, 0.15) is 26.7 Å². The maximum Gasteiger partial charge on any atom is 0.327 e. The van der Waals surface area contributed by atoms with Gasteiger partial charge in [-0.05, 0) is 44.7 Å². The molecule has 29 heavy (non-hydrogen) atoms. The van der Waals surface area contributed by atoms with E-state index in [1.54, 1.807) is 6.92 Å². The number of amides is 4. The Labute approximate surface area is 163 Å². The van der Waals surface area contributed by atoms with Gasteiger partial charge in [0, 0.05) is 0 Å². The molecule has 2 aliphatic rings. The fourth-order valence-electron chi connectivity index (χ4n) is 3.07. The molecule has 1 heterocycles. The molecule has 3 rings (SSSR count). The van der Waals surface area contributed by atoms with Crippen LogP contribution >= 0.6 is 0 Å². The lowest BCUT2D eigenvalue weighted by molar-refractivity contribution is -0.155. The number of urea groups is 1. The van der Waals surface area contributed by atoms with Crippen molar-refractivity contribution in [3.8, 4) is 0 Å². The lowest BCUT2D eigenvalue weighted by Gasteiger charge is -2.21. The van der Waals surface area contributed by atoms with Crippen molar-refractivity contribution in [1.29, 1.82) is 0 Å². The van der Waals surface area contributed by atoms with Gasteiger partial charge in [-0.2, -0.15) is 0 Å². The Balaban J connectivity index is 1.58. The molecule has 1 saturated heterocycles. The first-order chi connectivity index (χ1) is 13.5. The topological polar surface area (TPSA) is 105 Å². The number of halogens is 3. The van der Waals surface area contributed by atoms with Crippen LogP contribution in [0.2, 0.25) is 0 Å². The van der Waals surface area contributed by atoms with E-state index >= 15 is 0 Å². The van der Waals surface area contributed by atoms with Crippen molar-refractivity contribution in [2.24, 2.45) is 5.92 Å². The van der Waals surface area contributed by atoms with Crippen molar-refractivity contribution in [3.63, 3.8) is 0 Å². The van der Waals surface area contributed by atoms with E-state index in [1.807, 2.05) is 5.32 Å². The molecule has 4 amide bonds. The second-order valence-corrected chi connectivity index (χ2v) is 7.14. The summed E-state index contributed by atoms with van der Waals surface area (Å²) in [5.74, 6) is -7.38. The standard InChI is InChI=1S/C18H18F3N3O5/c1-8(15(26)22-11-6-5-10(19)13(20)14(11)21)29-12(25)7-24-16(27)18(2,9-3-4-9)23-17(24)28/h5-6,8-9H,3-4,7H2,1-2H3,(H,22,26)(H,23,28)/t8-,18+/m1/s1. The van der Waals surface area contributed by atoms with Gasteiger partial charge in [0.05, 0.1) is 5.69 Å². The summed E-state index contributed by atoms with van der Waals surface area (Å²) < 4.78 is 44.6. The summed E-state index contributed by atoms with van der Waals surface area (Å²) in [5.41, 5.74) is -1.70. The molecule has 1 aromatic carbocycles. The number of benzene rings is 1. The Hall–Kier alpha value is -3.11. The number of nitrogens with one attached hydrogen (secondary N) is 2. The molecule has 0 radical (unpaired) electrons. The van der Waals surface area contributed by atoms with Crippen molar-refractivity contribution in [2.45, 2.75) is 38.3 Å². The van der Waals surface area contributed by atoms with E-state index in [2.05, 4.69) is 5.32 Å². The molecule has 1 aliphatic heterocycles. The molecular weight excluding hydrogens is 395 g/mol. The number of nitrogens with zero attached hydrogens (tertiary/aromatic N) is 1. The number of ether oxygens (including phenoxy) is 1. The molecule has 1 aromatic rings. The summed E-state index contributed by atoms with van der Waals surface area (Å²) in [4.78, 5) is 49.3. The summed E-state index contributed by atoms with van der Waals surface area (Å²) in [6.07, 6.45) is 0.127. The first-order valence-corrected chi connectivity index (χ1v) is 8.82. The van der Waals surface area contributed by atoms with Crippen LogP contribution in [0.3, 0.4) is 0 Å². The molecule has 0 spiro atoms. The predicted octanol–water partition coefficient (Wildman–Crippen LogP) is 1.69. The molecule has 0 aromatic heterocycles. The van der Waals surface area contributed by atoms with Gasteiger partial charge in [-0.3, -0.25) is 19.3 Å². The van der Waals surface area contributed by atoms with E-state index in [1.165, 1.54) is 0 Å². The Morgan fingerprint density at radius 2 is 1.93 bits per heavy atom. The zero-order valence-electron chi connectivity index (χ0n) is 15.6. The molecule has 2 N–H and O–H groups in total. The minimum Gasteiger partial charge on any atom is -0.451 e. The van der Waals surface area contributed by atoms with Gasteiger partial charge in [-0.1, -0.05) is 0 Å². The highest BCUT2D eigenvalue weighted by atomic mass is 19.2. The third-order valence-electron chi connectivity index (χ3n) is 4.95. The van der Waals surface area contributed by atoms with Crippen LogP contribution in [0.5, 0.6) is 0 Å². The second-order valence-electron chi connectivity index (χ2n) is 7.14. The largest absolute Gasteiger partial charge is 0.451 e. The first-order valence-electron chi connectivity index (χ1n) is 8.82. The fourth-order valence-corrected chi connectivity index (χ4v) is 3.07. The lowest BCUT2D eigenvalue weighted by Crippen LogP contribution is -2.46. The minimum absolute atomic E-state index is 0.00988. The summed E-state index contributed by atoms with van der Waals surface area (Å²) >= 11 is 0. The van der Waals surface area contributed by atoms with Gasteiger partial charge in [0.1, 0.15) is 12.1 Å². The van der Waals surface area contributed by atoms with E-state index in [0.717, 1.165) is 25.8 Å². The normalized spacial score (nSPS) is 22.3. The summed E-state index contributed by atoms with van der Waals surface area (Å²) in [7, 11) is 0. The van der Waals surface area contributed by atoms with E-state index in [9.17, 15) is 32.3 Å². The van der Waals surface area contributed by atoms with E-state index in [4.69, 9.17) is 4.74 Å². The molecule has 2 atom stereocenters. The Bertz CT molecular complexity index is 905. The predicted molar refractivity (Wildman–Crippen MR) is 91.9 cm³/mol. The second kappa shape index (κ2) is 7.37. The van der Waals surface area contributed by atoms with Gasteiger partial charge < -0.3 is 15.4 Å². The van der Waals surface area contributed by atoms with Gasteiger partial charge in [0.25, 0.3) is 11.8 Å². The molecule has 8 nitrogen and oxygen atoms in total. The van der Waals surface area contributed by atoms with Crippen molar-refractivity contribution < 1.29 is 37.1 Å². The maximum atomic E-state index is 13.6. The number of carbonyl (C=O) groups excluding carboxylic acids is 4. The Morgan fingerprint density at radius 3 is 2.55 bits per heavy atom. The molecule has 11 heteroatoms. The average Bonchev–Trinajstić information content (AvgIpc) is 3.48. The summed E-state index contributed by atoms with van der Waals surface area (Å²) in [6.45, 7) is 2.04. The molecule has 1 aliphatic carbocycles.